The molecule has 0 aromatic carbocycles. The second-order valence-corrected chi connectivity index (χ2v) is 8.19. The van der Waals surface area contributed by atoms with Crippen molar-refractivity contribution in [1.29, 1.82) is 0 Å². The Kier molecular flexibility index (Phi) is 4.83. The molecule has 0 fully saturated rings. The topological polar surface area (TPSA) is 76.3 Å². The summed E-state index contributed by atoms with van der Waals surface area (Å²) in [5, 5.41) is 3.30. The summed E-state index contributed by atoms with van der Waals surface area (Å²) >= 11 is 1.11. The van der Waals surface area contributed by atoms with Crippen LogP contribution in [0.5, 0.6) is 0 Å². The summed E-state index contributed by atoms with van der Waals surface area (Å²) in [6.45, 7) is 3.61. The molecule has 0 radical (unpaired) electrons. The van der Waals surface area contributed by atoms with Gasteiger partial charge in [0, 0.05) is 17.5 Å². The van der Waals surface area contributed by atoms with Crippen LogP contribution in [0.2, 0.25) is 0 Å². The van der Waals surface area contributed by atoms with Gasteiger partial charge in [0.1, 0.15) is 0 Å². The first-order valence-corrected chi connectivity index (χ1v) is 9.12. The Morgan fingerprint density at radius 3 is 2.48 bits per heavy atom. The number of rotatable bonds is 5. The fourth-order valence-electron chi connectivity index (χ4n) is 1.86. The lowest BCUT2D eigenvalue weighted by atomic mass is 10.3. The van der Waals surface area contributed by atoms with Crippen LogP contribution in [0.1, 0.15) is 24.6 Å². The smallest absolute Gasteiger partial charge is 0.329 e. The normalized spacial score (nSPS) is 13.2. The predicted octanol–water partition coefficient (Wildman–Crippen LogP) is 2.99. The molecule has 0 saturated carbocycles. The van der Waals surface area contributed by atoms with Crippen LogP contribution >= 0.6 is 11.3 Å². The van der Waals surface area contributed by atoms with Crippen LogP contribution in [-0.4, -0.2) is 35.2 Å². The van der Waals surface area contributed by atoms with Crippen molar-refractivity contribution >= 4 is 21.4 Å². The monoisotopic (exact) mass is 369 g/mol. The van der Waals surface area contributed by atoms with Crippen LogP contribution < -0.4 is 0 Å². The van der Waals surface area contributed by atoms with E-state index in [1.165, 1.54) is 10.4 Å². The number of nitrogens with zero attached hydrogens (tertiary/aromatic N) is 3. The Hall–Kier alpha value is -1.46. The molecule has 0 saturated heterocycles. The molecule has 23 heavy (non-hydrogen) atoms. The van der Waals surface area contributed by atoms with E-state index in [9.17, 15) is 21.6 Å². The van der Waals surface area contributed by atoms with Gasteiger partial charge in [0.25, 0.3) is 0 Å². The van der Waals surface area contributed by atoms with Crippen LogP contribution in [0.25, 0.3) is 10.7 Å². The molecule has 0 aliphatic heterocycles. The van der Waals surface area contributed by atoms with Crippen molar-refractivity contribution < 1.29 is 26.1 Å². The molecule has 0 amide bonds. The molecule has 6 nitrogen and oxygen atoms in total. The zero-order valence-electron chi connectivity index (χ0n) is 12.5. The average molecular weight is 369 g/mol. The van der Waals surface area contributed by atoms with Gasteiger partial charge < -0.3 is 4.52 Å². The standard InChI is InChI=1S/C12H14F3N3O3S2/c1-7(2)18(23(3,19)20)6-8-4-5-9(22-8)10-16-11(21-17-10)12(13,14)15/h4-5,7H,6H2,1-3H3. The number of thiophene rings is 1. The number of alkyl halides is 3. The molecule has 0 bridgehead atoms. The maximum Gasteiger partial charge on any atom is 0.471 e. The minimum absolute atomic E-state index is 0.130. The molecule has 2 aromatic rings. The first-order chi connectivity index (χ1) is 10.5. The van der Waals surface area contributed by atoms with E-state index in [4.69, 9.17) is 0 Å². The molecule has 0 N–H and O–H groups in total. The molecule has 11 heteroatoms. The molecule has 0 aliphatic carbocycles. The number of aromatic nitrogens is 2. The van der Waals surface area contributed by atoms with Gasteiger partial charge in [-0.1, -0.05) is 5.16 Å². The van der Waals surface area contributed by atoms with Crippen molar-refractivity contribution in [2.45, 2.75) is 32.6 Å². The first kappa shape index (κ1) is 17.9. The van der Waals surface area contributed by atoms with Gasteiger partial charge in [0.05, 0.1) is 11.1 Å². The molecule has 2 heterocycles. The van der Waals surface area contributed by atoms with Crippen LogP contribution in [-0.2, 0) is 22.7 Å². The quantitative estimate of drug-likeness (QED) is 0.810. The van der Waals surface area contributed by atoms with Crippen molar-refractivity contribution in [2.75, 3.05) is 6.26 Å². The highest BCUT2D eigenvalue weighted by Gasteiger charge is 2.38. The van der Waals surface area contributed by atoms with Gasteiger partial charge in [0.2, 0.25) is 15.8 Å². The molecule has 0 atom stereocenters. The van der Waals surface area contributed by atoms with Crippen LogP contribution in [0.3, 0.4) is 0 Å². The maximum atomic E-state index is 12.4. The van der Waals surface area contributed by atoms with Crippen LogP contribution in [0.4, 0.5) is 13.2 Å². The lowest BCUT2D eigenvalue weighted by Crippen LogP contribution is -2.35. The van der Waals surface area contributed by atoms with Gasteiger partial charge >= 0.3 is 12.1 Å². The minimum Gasteiger partial charge on any atom is -0.329 e. The Morgan fingerprint density at radius 1 is 1.35 bits per heavy atom. The molecule has 2 aromatic heterocycles. The fraction of sp³-hybridized carbons (Fsp3) is 0.500. The highest BCUT2D eigenvalue weighted by Crippen LogP contribution is 2.32. The summed E-state index contributed by atoms with van der Waals surface area (Å²) in [6.07, 6.45) is -3.59. The summed E-state index contributed by atoms with van der Waals surface area (Å²) in [4.78, 5) is 4.34. The summed E-state index contributed by atoms with van der Waals surface area (Å²) in [7, 11) is -3.39. The molecular weight excluding hydrogens is 355 g/mol. The number of hydrogen-bond acceptors (Lipinski definition) is 6. The second-order valence-electron chi connectivity index (χ2n) is 5.09. The van der Waals surface area contributed by atoms with E-state index >= 15 is 0 Å². The first-order valence-electron chi connectivity index (χ1n) is 6.45. The summed E-state index contributed by atoms with van der Waals surface area (Å²) in [5.41, 5.74) is 0. The second kappa shape index (κ2) is 6.21. The SMILES string of the molecule is CC(C)N(Cc1ccc(-c2noc(C(F)(F)F)n2)s1)S(C)(=O)=O. The largest absolute Gasteiger partial charge is 0.471 e. The van der Waals surface area contributed by atoms with Crippen LogP contribution in [0.15, 0.2) is 16.7 Å². The highest BCUT2D eigenvalue weighted by atomic mass is 32.2. The highest BCUT2D eigenvalue weighted by molar-refractivity contribution is 7.88. The Bertz CT molecular complexity index is 781. The van der Waals surface area contributed by atoms with Gasteiger partial charge in [-0.15, -0.1) is 11.3 Å². The number of sulfonamides is 1. The van der Waals surface area contributed by atoms with Crippen molar-refractivity contribution in [3.63, 3.8) is 0 Å². The predicted molar refractivity (Wildman–Crippen MR) is 78.1 cm³/mol. The van der Waals surface area contributed by atoms with E-state index in [-0.39, 0.29) is 18.4 Å². The fourth-order valence-corrected chi connectivity index (χ4v) is 4.01. The Balaban J connectivity index is 2.22. The Labute approximate surface area is 135 Å². The number of halogens is 3. The van der Waals surface area contributed by atoms with E-state index in [0.29, 0.717) is 9.75 Å². The van der Waals surface area contributed by atoms with Crippen molar-refractivity contribution in [2.24, 2.45) is 0 Å². The molecule has 128 valence electrons. The van der Waals surface area contributed by atoms with Gasteiger partial charge in [-0.3, -0.25) is 0 Å². The zero-order chi connectivity index (χ0) is 17.4. The molecule has 2 rings (SSSR count). The zero-order valence-corrected chi connectivity index (χ0v) is 14.1. The van der Waals surface area contributed by atoms with Gasteiger partial charge in [-0.05, 0) is 26.0 Å². The van der Waals surface area contributed by atoms with E-state index in [2.05, 4.69) is 14.7 Å². The minimum atomic E-state index is -4.70. The van der Waals surface area contributed by atoms with Crippen molar-refractivity contribution in [3.8, 4) is 10.7 Å². The lowest BCUT2D eigenvalue weighted by molar-refractivity contribution is -0.159. The van der Waals surface area contributed by atoms with Crippen molar-refractivity contribution in [3.05, 3.63) is 22.9 Å². The van der Waals surface area contributed by atoms with E-state index in [1.807, 2.05) is 0 Å². The third-order valence-corrected chi connectivity index (χ3v) is 5.33. The molecular formula is C12H14F3N3O3S2. The van der Waals surface area contributed by atoms with Gasteiger partial charge in [-0.25, -0.2) is 8.42 Å². The third kappa shape index (κ3) is 4.30. The summed E-state index contributed by atoms with van der Waals surface area (Å²) < 4.78 is 66.3. The molecule has 0 spiro atoms. The average Bonchev–Trinajstić information content (AvgIpc) is 3.02. The van der Waals surface area contributed by atoms with E-state index in [0.717, 1.165) is 17.6 Å². The third-order valence-electron chi connectivity index (χ3n) is 2.86. The van der Waals surface area contributed by atoms with Gasteiger partial charge in [0.15, 0.2) is 0 Å². The van der Waals surface area contributed by atoms with E-state index < -0.39 is 22.1 Å². The van der Waals surface area contributed by atoms with Crippen LogP contribution in [0, 0.1) is 0 Å². The Morgan fingerprint density at radius 2 is 2.00 bits per heavy atom. The van der Waals surface area contributed by atoms with Gasteiger partial charge in [-0.2, -0.15) is 22.5 Å². The van der Waals surface area contributed by atoms with Crippen molar-refractivity contribution in [1.82, 2.24) is 14.4 Å². The molecule has 0 unspecified atom stereocenters. The summed E-state index contributed by atoms with van der Waals surface area (Å²) in [5.74, 6) is -1.59. The van der Waals surface area contributed by atoms with E-state index in [1.54, 1.807) is 19.9 Å². The summed E-state index contributed by atoms with van der Waals surface area (Å²) in [6, 6.07) is 2.92. The molecule has 0 aliphatic rings. The lowest BCUT2D eigenvalue weighted by Gasteiger charge is -2.23. The maximum absolute atomic E-state index is 12.4. The number of hydrogen-bond donors (Lipinski definition) is 0.